The predicted octanol–water partition coefficient (Wildman–Crippen LogP) is 1.64. The first kappa shape index (κ1) is 12.5. The van der Waals surface area contributed by atoms with E-state index in [0.717, 1.165) is 49.5 Å². The van der Waals surface area contributed by atoms with Gasteiger partial charge in [-0.15, -0.1) is 0 Å². The summed E-state index contributed by atoms with van der Waals surface area (Å²) in [5, 5.41) is 0. The molecule has 2 amide bonds. The molecule has 0 aromatic heterocycles. The van der Waals surface area contributed by atoms with Gasteiger partial charge in [-0.25, -0.2) is 0 Å². The zero-order chi connectivity index (χ0) is 14.1. The lowest BCUT2D eigenvalue weighted by atomic mass is 10.0. The quantitative estimate of drug-likeness (QED) is 0.736. The van der Waals surface area contributed by atoms with Crippen LogP contribution >= 0.6 is 0 Å². The van der Waals surface area contributed by atoms with Crippen LogP contribution in [0.25, 0.3) is 0 Å². The zero-order valence-corrected chi connectivity index (χ0v) is 12.5. The summed E-state index contributed by atoms with van der Waals surface area (Å²) >= 11 is 0. The van der Waals surface area contributed by atoms with Crippen molar-refractivity contribution >= 4 is 11.8 Å². The van der Waals surface area contributed by atoms with E-state index in [1.807, 2.05) is 4.90 Å². The minimum absolute atomic E-state index is 0.132. The molecule has 114 valence electrons. The lowest BCUT2D eigenvalue weighted by Crippen LogP contribution is -2.50. The molecular weight excluding hydrogens is 264 g/mol. The summed E-state index contributed by atoms with van der Waals surface area (Å²) < 4.78 is 0. The van der Waals surface area contributed by atoms with Gasteiger partial charge in [0.05, 0.1) is 0 Å². The smallest absolute Gasteiger partial charge is 0.245 e. The largest absolute Gasteiger partial charge is 0.337 e. The van der Waals surface area contributed by atoms with Gasteiger partial charge < -0.3 is 9.80 Å². The highest BCUT2D eigenvalue weighted by Crippen LogP contribution is 2.67. The molecule has 5 atom stereocenters. The number of carbonyl (C=O) groups is 2. The van der Waals surface area contributed by atoms with Crippen LogP contribution in [0.4, 0.5) is 0 Å². The first-order chi connectivity index (χ1) is 10.3. The highest BCUT2D eigenvalue weighted by atomic mass is 16.2. The summed E-state index contributed by atoms with van der Waals surface area (Å²) in [5.74, 6) is 3.85. The third-order valence-corrected chi connectivity index (χ3v) is 7.01. The molecule has 0 spiro atoms. The van der Waals surface area contributed by atoms with Crippen LogP contribution in [0.1, 0.15) is 44.9 Å². The Labute approximate surface area is 125 Å². The molecule has 3 saturated carbocycles. The molecule has 5 unspecified atom stereocenters. The van der Waals surface area contributed by atoms with E-state index in [4.69, 9.17) is 0 Å². The van der Waals surface area contributed by atoms with Crippen molar-refractivity contribution in [3.05, 3.63) is 0 Å². The molecule has 2 bridgehead atoms. The van der Waals surface area contributed by atoms with E-state index in [0.29, 0.717) is 19.0 Å². The second-order valence-electron chi connectivity index (χ2n) is 7.86. The Morgan fingerprint density at radius 3 is 2.38 bits per heavy atom. The monoisotopic (exact) mass is 288 g/mol. The molecule has 2 aliphatic heterocycles. The number of rotatable bonds is 1. The summed E-state index contributed by atoms with van der Waals surface area (Å²) in [5.41, 5.74) is 0. The fourth-order valence-electron chi connectivity index (χ4n) is 6.14. The third-order valence-electron chi connectivity index (χ3n) is 7.01. The van der Waals surface area contributed by atoms with Crippen LogP contribution in [0, 0.1) is 23.7 Å². The number of hydrogen-bond acceptors (Lipinski definition) is 2. The number of nitrogens with zero attached hydrogens (tertiary/aromatic N) is 2. The third kappa shape index (κ3) is 1.62. The lowest BCUT2D eigenvalue weighted by Gasteiger charge is -2.35. The average Bonchev–Trinajstić information content (AvgIpc) is 2.96. The molecule has 3 aliphatic carbocycles. The topological polar surface area (TPSA) is 40.6 Å². The zero-order valence-electron chi connectivity index (χ0n) is 12.5. The second-order valence-corrected chi connectivity index (χ2v) is 7.86. The van der Waals surface area contributed by atoms with Crippen molar-refractivity contribution in [1.82, 2.24) is 9.80 Å². The molecule has 5 rings (SSSR count). The van der Waals surface area contributed by atoms with Crippen molar-refractivity contribution in [3.8, 4) is 0 Å². The summed E-state index contributed by atoms with van der Waals surface area (Å²) in [6.07, 6.45) is 7.79. The van der Waals surface area contributed by atoms with Gasteiger partial charge in [0.2, 0.25) is 11.8 Å². The van der Waals surface area contributed by atoms with Gasteiger partial charge in [-0.2, -0.15) is 0 Å². The van der Waals surface area contributed by atoms with Crippen molar-refractivity contribution in [3.63, 3.8) is 0 Å². The average molecular weight is 288 g/mol. The molecular formula is C17H24N2O2. The molecule has 21 heavy (non-hydrogen) atoms. The Balaban J connectivity index is 1.40. The van der Waals surface area contributed by atoms with Crippen LogP contribution in [0.2, 0.25) is 0 Å². The van der Waals surface area contributed by atoms with E-state index in [9.17, 15) is 9.59 Å². The van der Waals surface area contributed by atoms with Crippen LogP contribution < -0.4 is 0 Å². The standard InChI is InChI=1S/C17H24N2O2/c20-13-6-8-19(17(21)12-3-1-2-7-18(12)13)16-14-10-4-5-11(9-10)15(14)16/h10-12,14-16H,1-9H2. The van der Waals surface area contributed by atoms with Gasteiger partial charge in [0.15, 0.2) is 0 Å². The second kappa shape index (κ2) is 4.23. The van der Waals surface area contributed by atoms with Gasteiger partial charge in [0.25, 0.3) is 0 Å². The summed E-state index contributed by atoms with van der Waals surface area (Å²) in [7, 11) is 0. The molecule has 0 aromatic rings. The van der Waals surface area contributed by atoms with Crippen molar-refractivity contribution in [2.24, 2.45) is 23.7 Å². The van der Waals surface area contributed by atoms with E-state index in [1.165, 1.54) is 19.3 Å². The maximum atomic E-state index is 13.0. The van der Waals surface area contributed by atoms with E-state index < -0.39 is 0 Å². The summed E-state index contributed by atoms with van der Waals surface area (Å²) in [6, 6.07) is 0.367. The van der Waals surface area contributed by atoms with E-state index in [1.54, 1.807) is 0 Å². The number of fused-ring (bicyclic) bond motifs is 6. The summed E-state index contributed by atoms with van der Waals surface area (Å²) in [4.78, 5) is 29.4. The summed E-state index contributed by atoms with van der Waals surface area (Å²) in [6.45, 7) is 1.48. The number of carbonyl (C=O) groups excluding carboxylic acids is 2. The van der Waals surface area contributed by atoms with Gasteiger partial charge in [-0.3, -0.25) is 9.59 Å². The predicted molar refractivity (Wildman–Crippen MR) is 77.3 cm³/mol. The van der Waals surface area contributed by atoms with Crippen molar-refractivity contribution in [2.45, 2.75) is 57.0 Å². The van der Waals surface area contributed by atoms with Crippen LogP contribution in [-0.2, 0) is 9.59 Å². The Bertz CT molecular complexity index is 489. The van der Waals surface area contributed by atoms with Crippen molar-refractivity contribution < 1.29 is 9.59 Å². The van der Waals surface area contributed by atoms with Crippen molar-refractivity contribution in [1.29, 1.82) is 0 Å². The molecule has 2 saturated heterocycles. The highest BCUT2D eigenvalue weighted by molar-refractivity contribution is 5.90. The lowest BCUT2D eigenvalue weighted by molar-refractivity contribution is -0.143. The maximum absolute atomic E-state index is 13.0. The van der Waals surface area contributed by atoms with E-state index in [2.05, 4.69) is 4.90 Å². The Morgan fingerprint density at radius 1 is 0.857 bits per heavy atom. The molecule has 0 N–H and O–H groups in total. The van der Waals surface area contributed by atoms with E-state index >= 15 is 0 Å². The fraction of sp³-hybridized carbons (Fsp3) is 0.882. The van der Waals surface area contributed by atoms with Crippen LogP contribution in [0.5, 0.6) is 0 Å². The molecule has 2 heterocycles. The first-order valence-corrected chi connectivity index (χ1v) is 8.85. The minimum atomic E-state index is -0.132. The van der Waals surface area contributed by atoms with Gasteiger partial charge in [0.1, 0.15) is 6.04 Å². The highest BCUT2D eigenvalue weighted by Gasteiger charge is 2.67. The van der Waals surface area contributed by atoms with E-state index in [-0.39, 0.29) is 17.9 Å². The Kier molecular flexibility index (Phi) is 2.52. The molecule has 5 aliphatic rings. The Hall–Kier alpha value is -1.06. The van der Waals surface area contributed by atoms with Gasteiger partial charge in [-0.1, -0.05) is 0 Å². The molecule has 0 radical (unpaired) electrons. The molecule has 4 heteroatoms. The van der Waals surface area contributed by atoms with Crippen LogP contribution in [0.15, 0.2) is 0 Å². The van der Waals surface area contributed by atoms with Crippen LogP contribution in [-0.4, -0.2) is 46.8 Å². The normalized spacial score (nSPS) is 48.2. The first-order valence-electron chi connectivity index (χ1n) is 8.85. The van der Waals surface area contributed by atoms with Gasteiger partial charge >= 0.3 is 0 Å². The molecule has 5 fully saturated rings. The van der Waals surface area contributed by atoms with Crippen LogP contribution in [0.3, 0.4) is 0 Å². The number of hydrogen-bond donors (Lipinski definition) is 0. The Morgan fingerprint density at radius 2 is 1.62 bits per heavy atom. The molecule has 4 nitrogen and oxygen atoms in total. The number of amides is 2. The minimum Gasteiger partial charge on any atom is -0.337 e. The number of piperidine rings is 1. The van der Waals surface area contributed by atoms with Gasteiger partial charge in [0, 0.05) is 25.6 Å². The SMILES string of the molecule is O=C1CCN(C2C3C4CCC(C4)C32)C(=O)C2CCCCN12. The fourth-order valence-corrected chi connectivity index (χ4v) is 6.14. The van der Waals surface area contributed by atoms with Gasteiger partial charge in [-0.05, 0) is 62.2 Å². The van der Waals surface area contributed by atoms with Crippen molar-refractivity contribution in [2.75, 3.05) is 13.1 Å². The molecule has 0 aromatic carbocycles. The maximum Gasteiger partial charge on any atom is 0.245 e.